The van der Waals surface area contributed by atoms with Crippen LogP contribution in [0.4, 0.5) is 0 Å². The quantitative estimate of drug-likeness (QED) is 0.431. The first-order chi connectivity index (χ1) is 4.37. The van der Waals surface area contributed by atoms with E-state index < -0.39 is 0 Å². The first-order valence-corrected chi connectivity index (χ1v) is 4.02. The minimum absolute atomic E-state index is 0.840. The third kappa shape index (κ3) is 0.357. The third-order valence-electron chi connectivity index (χ3n) is 3.71. The van der Waals surface area contributed by atoms with Crippen molar-refractivity contribution in [3.8, 4) is 0 Å². The molecule has 0 aromatic heterocycles. The molecule has 0 amide bonds. The van der Waals surface area contributed by atoms with Crippen molar-refractivity contribution < 1.29 is 0 Å². The van der Waals surface area contributed by atoms with Gasteiger partial charge < -0.3 is 0 Å². The largest absolute Gasteiger partial charge is 0.0879 e. The first kappa shape index (κ1) is 4.54. The van der Waals surface area contributed by atoms with Crippen molar-refractivity contribution in [2.45, 2.75) is 32.1 Å². The van der Waals surface area contributed by atoms with Crippen LogP contribution in [0.15, 0.2) is 12.2 Å². The van der Waals surface area contributed by atoms with Crippen LogP contribution in [0.5, 0.6) is 0 Å². The highest BCUT2D eigenvalue weighted by molar-refractivity contribution is 5.28. The van der Waals surface area contributed by atoms with Crippen LogP contribution >= 0.6 is 0 Å². The zero-order chi connectivity index (χ0) is 5.95. The van der Waals surface area contributed by atoms with Crippen molar-refractivity contribution in [1.82, 2.24) is 0 Å². The molecular weight excluding hydrogens is 108 g/mol. The van der Waals surface area contributed by atoms with E-state index in [2.05, 4.69) is 12.2 Å². The Morgan fingerprint density at radius 2 is 1.56 bits per heavy atom. The van der Waals surface area contributed by atoms with Crippen LogP contribution in [-0.4, -0.2) is 0 Å². The van der Waals surface area contributed by atoms with Gasteiger partial charge in [-0.25, -0.2) is 0 Å². The Morgan fingerprint density at radius 1 is 0.889 bits per heavy atom. The molecule has 0 heterocycles. The van der Waals surface area contributed by atoms with Crippen molar-refractivity contribution in [3.05, 3.63) is 12.2 Å². The summed E-state index contributed by atoms with van der Waals surface area (Å²) < 4.78 is 0. The Labute approximate surface area is 56.0 Å². The second kappa shape index (κ2) is 1.00. The highest BCUT2D eigenvalue weighted by atomic mass is 14.8. The maximum atomic E-state index is 2.38. The normalized spacial score (nSPS) is 38.2. The zero-order valence-corrected chi connectivity index (χ0v) is 5.69. The number of hydrogen-bond acceptors (Lipinski definition) is 0. The van der Waals surface area contributed by atoms with Gasteiger partial charge in [-0.15, -0.1) is 0 Å². The molecule has 0 aliphatic heterocycles. The summed E-state index contributed by atoms with van der Waals surface area (Å²) in [7, 11) is 0. The number of allylic oxidation sites excluding steroid dienone is 2. The smallest absolute Gasteiger partial charge is 0.0166 e. The molecule has 0 saturated heterocycles. The topological polar surface area (TPSA) is 0 Å². The molecule has 3 rings (SSSR count). The number of rotatable bonds is 0. The van der Waals surface area contributed by atoms with Crippen molar-refractivity contribution >= 4 is 0 Å². The Balaban J connectivity index is 1.93. The molecule has 2 saturated carbocycles. The summed E-state index contributed by atoms with van der Waals surface area (Å²) in [6, 6.07) is 0. The summed E-state index contributed by atoms with van der Waals surface area (Å²) in [4.78, 5) is 0. The van der Waals surface area contributed by atoms with E-state index in [1.165, 1.54) is 12.8 Å². The Hall–Kier alpha value is -0.260. The van der Waals surface area contributed by atoms with Gasteiger partial charge in [0.25, 0.3) is 0 Å². The molecule has 2 fully saturated rings. The second-order valence-electron chi connectivity index (χ2n) is 4.12. The molecule has 9 heavy (non-hydrogen) atoms. The predicted octanol–water partition coefficient (Wildman–Crippen LogP) is 2.51. The van der Waals surface area contributed by atoms with Gasteiger partial charge in [-0.3, -0.25) is 0 Å². The molecule has 0 bridgehead atoms. The van der Waals surface area contributed by atoms with E-state index in [1.54, 1.807) is 19.3 Å². The lowest BCUT2D eigenvalue weighted by Crippen LogP contribution is -1.95. The fraction of sp³-hybridized carbons (Fsp3) is 0.778. The first-order valence-electron chi connectivity index (χ1n) is 4.02. The molecule has 0 atom stereocenters. The Kier molecular flexibility index (Phi) is 0.505. The van der Waals surface area contributed by atoms with Crippen LogP contribution in [0.25, 0.3) is 0 Å². The van der Waals surface area contributed by atoms with Gasteiger partial charge in [-0.2, -0.15) is 0 Å². The third-order valence-corrected chi connectivity index (χ3v) is 3.71. The van der Waals surface area contributed by atoms with Gasteiger partial charge in [0.1, 0.15) is 0 Å². The fourth-order valence-electron chi connectivity index (χ4n) is 2.74. The van der Waals surface area contributed by atoms with E-state index in [0.29, 0.717) is 0 Å². The molecule has 48 valence electrons. The standard InChI is InChI=1S/C9H12/c1-2-4-8(3-1)7-9(8)5-6-9/h1-2H,3-7H2. The molecular formula is C9H12. The average Bonchev–Trinajstić information content (AvgIpc) is 2.65. The van der Waals surface area contributed by atoms with E-state index in [0.717, 1.165) is 10.8 Å². The molecule has 3 aliphatic rings. The van der Waals surface area contributed by atoms with Crippen LogP contribution in [0.2, 0.25) is 0 Å². The molecule has 3 aliphatic carbocycles. The van der Waals surface area contributed by atoms with Crippen molar-refractivity contribution in [2.75, 3.05) is 0 Å². The van der Waals surface area contributed by atoms with Gasteiger partial charge in [0.2, 0.25) is 0 Å². The second-order valence-corrected chi connectivity index (χ2v) is 4.12. The highest BCUT2D eigenvalue weighted by Gasteiger charge is 2.72. The van der Waals surface area contributed by atoms with Crippen molar-refractivity contribution in [3.63, 3.8) is 0 Å². The monoisotopic (exact) mass is 120 g/mol. The van der Waals surface area contributed by atoms with E-state index in [1.807, 2.05) is 0 Å². The fourth-order valence-corrected chi connectivity index (χ4v) is 2.74. The van der Waals surface area contributed by atoms with Crippen molar-refractivity contribution in [1.29, 1.82) is 0 Å². The van der Waals surface area contributed by atoms with Crippen LogP contribution in [0.3, 0.4) is 0 Å². The Bertz CT molecular complexity index is 176. The van der Waals surface area contributed by atoms with E-state index in [-0.39, 0.29) is 0 Å². The molecule has 0 heteroatoms. The molecule has 2 spiro atoms. The average molecular weight is 120 g/mol. The minimum atomic E-state index is 0.840. The summed E-state index contributed by atoms with van der Waals surface area (Å²) in [6.45, 7) is 0. The Morgan fingerprint density at radius 3 is 2.00 bits per heavy atom. The molecule has 0 aromatic carbocycles. The van der Waals surface area contributed by atoms with Crippen LogP contribution in [-0.2, 0) is 0 Å². The summed E-state index contributed by atoms with van der Waals surface area (Å²) in [5, 5.41) is 0. The zero-order valence-electron chi connectivity index (χ0n) is 5.69. The minimum Gasteiger partial charge on any atom is -0.0879 e. The summed E-state index contributed by atoms with van der Waals surface area (Å²) in [5.74, 6) is 0. The van der Waals surface area contributed by atoms with Crippen molar-refractivity contribution in [2.24, 2.45) is 10.8 Å². The summed E-state index contributed by atoms with van der Waals surface area (Å²) >= 11 is 0. The van der Waals surface area contributed by atoms with Gasteiger partial charge >= 0.3 is 0 Å². The van der Waals surface area contributed by atoms with E-state index in [9.17, 15) is 0 Å². The summed E-state index contributed by atoms with van der Waals surface area (Å²) in [6.07, 6.45) is 12.2. The van der Waals surface area contributed by atoms with E-state index >= 15 is 0 Å². The summed E-state index contributed by atoms with van der Waals surface area (Å²) in [5.41, 5.74) is 1.75. The van der Waals surface area contributed by atoms with Crippen LogP contribution < -0.4 is 0 Å². The number of hydrogen-bond donors (Lipinski definition) is 0. The molecule has 0 radical (unpaired) electrons. The SMILES string of the molecule is C1=CCC2(C1)CC21CC1. The van der Waals surface area contributed by atoms with E-state index in [4.69, 9.17) is 0 Å². The molecule has 0 unspecified atom stereocenters. The van der Waals surface area contributed by atoms with Crippen LogP contribution in [0, 0.1) is 10.8 Å². The maximum Gasteiger partial charge on any atom is -0.0166 e. The lowest BCUT2D eigenvalue weighted by Gasteiger charge is -2.04. The lowest BCUT2D eigenvalue weighted by molar-refractivity contribution is 0.480. The van der Waals surface area contributed by atoms with Gasteiger partial charge in [0.05, 0.1) is 0 Å². The number of fused-ring (bicyclic) bond motifs is 1. The highest BCUT2D eigenvalue weighted by Crippen LogP contribution is 2.82. The van der Waals surface area contributed by atoms with Gasteiger partial charge in [0, 0.05) is 0 Å². The predicted molar refractivity (Wildman–Crippen MR) is 37.1 cm³/mol. The lowest BCUT2D eigenvalue weighted by atomic mass is 10.0. The van der Waals surface area contributed by atoms with Gasteiger partial charge in [0.15, 0.2) is 0 Å². The van der Waals surface area contributed by atoms with Gasteiger partial charge in [-0.05, 0) is 42.9 Å². The maximum absolute atomic E-state index is 2.38. The van der Waals surface area contributed by atoms with Gasteiger partial charge in [-0.1, -0.05) is 12.2 Å². The molecule has 0 nitrogen and oxygen atoms in total. The van der Waals surface area contributed by atoms with Crippen LogP contribution in [0.1, 0.15) is 32.1 Å². The molecule has 0 N–H and O–H groups in total. The molecule has 0 aromatic rings.